The highest BCUT2D eigenvalue weighted by molar-refractivity contribution is 5.14. The number of hydrogen-bond acceptors (Lipinski definition) is 1. The molecule has 0 aromatic carbocycles. The third-order valence-corrected chi connectivity index (χ3v) is 3.36. The first-order valence-electron chi connectivity index (χ1n) is 3.80. The van der Waals surface area contributed by atoms with E-state index in [0.29, 0.717) is 10.8 Å². The molecule has 0 radical (unpaired) electrons. The van der Waals surface area contributed by atoms with Crippen molar-refractivity contribution in [3.05, 3.63) is 0 Å². The highest BCUT2D eigenvalue weighted by atomic mass is 16.5. The molecule has 1 saturated carbocycles. The largest absolute Gasteiger partial charge is 0.380 e. The van der Waals surface area contributed by atoms with E-state index >= 15 is 0 Å². The van der Waals surface area contributed by atoms with Crippen LogP contribution >= 0.6 is 0 Å². The van der Waals surface area contributed by atoms with Crippen LogP contribution in [0.1, 0.15) is 26.7 Å². The highest BCUT2D eigenvalue weighted by Crippen LogP contribution is 2.69. The Labute approximate surface area is 56.4 Å². The van der Waals surface area contributed by atoms with E-state index in [1.165, 1.54) is 12.8 Å². The van der Waals surface area contributed by atoms with E-state index in [1.54, 1.807) is 0 Å². The second kappa shape index (κ2) is 1.34. The van der Waals surface area contributed by atoms with Gasteiger partial charge in [0.2, 0.25) is 0 Å². The van der Waals surface area contributed by atoms with Crippen molar-refractivity contribution in [3.63, 3.8) is 0 Å². The summed E-state index contributed by atoms with van der Waals surface area (Å²) in [5.41, 5.74) is 1.20. The van der Waals surface area contributed by atoms with Gasteiger partial charge in [-0.1, -0.05) is 13.8 Å². The van der Waals surface area contributed by atoms with Crippen molar-refractivity contribution in [2.75, 3.05) is 13.2 Å². The van der Waals surface area contributed by atoms with E-state index in [-0.39, 0.29) is 0 Å². The Bertz CT molecular complexity index is 140. The topological polar surface area (TPSA) is 9.23 Å². The number of ether oxygens (including phenoxy) is 1. The van der Waals surface area contributed by atoms with Gasteiger partial charge in [0.1, 0.15) is 0 Å². The van der Waals surface area contributed by atoms with Gasteiger partial charge in [0.15, 0.2) is 0 Å². The molecule has 1 aliphatic carbocycles. The molecule has 2 atom stereocenters. The first kappa shape index (κ1) is 5.72. The van der Waals surface area contributed by atoms with Crippen molar-refractivity contribution in [1.82, 2.24) is 0 Å². The summed E-state index contributed by atoms with van der Waals surface area (Å²) in [5.74, 6) is 0. The monoisotopic (exact) mass is 126 g/mol. The molecule has 1 aliphatic heterocycles. The summed E-state index contributed by atoms with van der Waals surface area (Å²) in [6, 6.07) is 0. The van der Waals surface area contributed by atoms with Crippen LogP contribution in [0.5, 0.6) is 0 Å². The molecule has 0 aromatic heterocycles. The number of hydrogen-bond donors (Lipinski definition) is 0. The number of rotatable bonds is 1. The van der Waals surface area contributed by atoms with Crippen LogP contribution < -0.4 is 0 Å². The maximum absolute atomic E-state index is 5.40. The molecule has 0 aromatic rings. The van der Waals surface area contributed by atoms with Gasteiger partial charge in [-0.2, -0.15) is 0 Å². The van der Waals surface area contributed by atoms with Crippen LogP contribution in [0.15, 0.2) is 0 Å². The minimum absolute atomic E-state index is 0.585. The molecule has 0 amide bonds. The molecule has 0 N–H and O–H groups in total. The summed E-state index contributed by atoms with van der Waals surface area (Å²) in [6.07, 6.45) is 2.72. The molecule has 1 heterocycles. The molecule has 2 aliphatic rings. The normalized spacial score (nSPS) is 55.3. The van der Waals surface area contributed by atoms with Crippen LogP contribution in [0.25, 0.3) is 0 Å². The van der Waals surface area contributed by atoms with Crippen LogP contribution in [0.4, 0.5) is 0 Å². The molecule has 1 nitrogen and oxygen atoms in total. The summed E-state index contributed by atoms with van der Waals surface area (Å²) in [7, 11) is 0. The maximum atomic E-state index is 5.40. The summed E-state index contributed by atoms with van der Waals surface area (Å²) < 4.78 is 5.40. The van der Waals surface area contributed by atoms with E-state index in [2.05, 4.69) is 13.8 Å². The lowest BCUT2D eigenvalue weighted by molar-refractivity contribution is 0.138. The van der Waals surface area contributed by atoms with Crippen molar-refractivity contribution < 1.29 is 4.74 Å². The summed E-state index contributed by atoms with van der Waals surface area (Å²) in [6.45, 7) is 6.67. The van der Waals surface area contributed by atoms with Gasteiger partial charge >= 0.3 is 0 Å². The molecule has 1 saturated heterocycles. The maximum Gasteiger partial charge on any atom is 0.0528 e. The molecule has 0 unspecified atom stereocenters. The minimum Gasteiger partial charge on any atom is -0.380 e. The van der Waals surface area contributed by atoms with Gasteiger partial charge in [-0.15, -0.1) is 0 Å². The molecular formula is C8H14O. The van der Waals surface area contributed by atoms with E-state index in [1.807, 2.05) is 0 Å². The molecular weight excluding hydrogens is 112 g/mol. The molecule has 0 bridgehead atoms. The zero-order valence-electron chi connectivity index (χ0n) is 6.24. The lowest BCUT2D eigenvalue weighted by Crippen LogP contribution is -2.06. The van der Waals surface area contributed by atoms with Gasteiger partial charge in [-0.3, -0.25) is 0 Å². The first-order valence-corrected chi connectivity index (χ1v) is 3.80. The fourth-order valence-electron chi connectivity index (χ4n) is 2.26. The van der Waals surface area contributed by atoms with Gasteiger partial charge in [-0.25, -0.2) is 0 Å². The Morgan fingerprint density at radius 3 is 2.44 bits per heavy atom. The minimum atomic E-state index is 0.585. The van der Waals surface area contributed by atoms with Crippen molar-refractivity contribution in [1.29, 1.82) is 0 Å². The Kier molecular flexibility index (Phi) is 0.852. The highest BCUT2D eigenvalue weighted by Gasteiger charge is 2.66. The summed E-state index contributed by atoms with van der Waals surface area (Å²) in [5, 5.41) is 0. The van der Waals surface area contributed by atoms with Crippen LogP contribution in [-0.4, -0.2) is 13.2 Å². The average Bonchev–Trinajstić information content (AvgIpc) is 2.29. The Morgan fingerprint density at radius 1 is 1.44 bits per heavy atom. The van der Waals surface area contributed by atoms with Gasteiger partial charge in [0.05, 0.1) is 13.2 Å². The molecule has 9 heavy (non-hydrogen) atoms. The second-order valence-electron chi connectivity index (χ2n) is 3.86. The van der Waals surface area contributed by atoms with E-state index in [4.69, 9.17) is 4.74 Å². The third kappa shape index (κ3) is 0.493. The number of fused-ring (bicyclic) bond motifs is 1. The Balaban J connectivity index is 2.19. The predicted octanol–water partition coefficient (Wildman–Crippen LogP) is 1.82. The lowest BCUT2D eigenvalue weighted by atomic mass is 9.96. The molecule has 1 heteroatoms. The van der Waals surface area contributed by atoms with Gasteiger partial charge in [-0.05, 0) is 18.3 Å². The van der Waals surface area contributed by atoms with Crippen molar-refractivity contribution in [2.24, 2.45) is 10.8 Å². The average molecular weight is 126 g/mol. The van der Waals surface area contributed by atoms with Crippen molar-refractivity contribution in [2.45, 2.75) is 26.7 Å². The predicted molar refractivity (Wildman–Crippen MR) is 36.3 cm³/mol. The molecule has 2 rings (SSSR count). The van der Waals surface area contributed by atoms with Crippen LogP contribution in [0.3, 0.4) is 0 Å². The molecule has 0 spiro atoms. The quantitative estimate of drug-likeness (QED) is 0.520. The zero-order valence-corrected chi connectivity index (χ0v) is 6.24. The van der Waals surface area contributed by atoms with Crippen molar-refractivity contribution in [3.8, 4) is 0 Å². The third-order valence-electron chi connectivity index (χ3n) is 3.36. The van der Waals surface area contributed by atoms with Crippen LogP contribution in [0.2, 0.25) is 0 Å². The van der Waals surface area contributed by atoms with Gasteiger partial charge in [0.25, 0.3) is 0 Å². The van der Waals surface area contributed by atoms with Crippen LogP contribution in [-0.2, 0) is 4.74 Å². The van der Waals surface area contributed by atoms with Crippen molar-refractivity contribution >= 4 is 0 Å². The zero-order chi connectivity index (χ0) is 6.54. The molecule has 52 valence electrons. The Hall–Kier alpha value is -0.0400. The van der Waals surface area contributed by atoms with Gasteiger partial charge in [0, 0.05) is 5.41 Å². The van der Waals surface area contributed by atoms with E-state index in [0.717, 1.165) is 13.2 Å². The fourth-order valence-corrected chi connectivity index (χ4v) is 2.26. The lowest BCUT2D eigenvalue weighted by Gasteiger charge is -2.06. The SMILES string of the molecule is CC[C@@]12COC[C@]1(C)C2. The second-order valence-corrected chi connectivity index (χ2v) is 3.86. The first-order chi connectivity index (χ1) is 4.22. The summed E-state index contributed by atoms with van der Waals surface area (Å²) >= 11 is 0. The Morgan fingerprint density at radius 2 is 2.22 bits per heavy atom. The van der Waals surface area contributed by atoms with Gasteiger partial charge < -0.3 is 4.74 Å². The fraction of sp³-hybridized carbons (Fsp3) is 1.00. The van der Waals surface area contributed by atoms with E-state index < -0.39 is 0 Å². The smallest absolute Gasteiger partial charge is 0.0528 e. The summed E-state index contributed by atoms with van der Waals surface area (Å²) in [4.78, 5) is 0. The standard InChI is InChI=1S/C8H14O/c1-3-8-4-7(8,2)5-9-6-8/h3-6H2,1-2H3/t7-,8+/m0/s1. The van der Waals surface area contributed by atoms with E-state index in [9.17, 15) is 0 Å². The molecule has 2 fully saturated rings. The van der Waals surface area contributed by atoms with Crippen LogP contribution in [0, 0.1) is 10.8 Å².